The largest absolute Gasteiger partial charge is 0.481 e. The molecule has 0 saturated heterocycles. The first-order chi connectivity index (χ1) is 12.8. The van der Waals surface area contributed by atoms with Gasteiger partial charge in [-0.15, -0.1) is 0 Å². The van der Waals surface area contributed by atoms with Crippen molar-refractivity contribution in [3.63, 3.8) is 0 Å². The second-order valence-corrected chi connectivity index (χ2v) is 7.13. The highest BCUT2D eigenvalue weighted by Gasteiger charge is 2.29. The number of nitrogens with zero attached hydrogens (tertiary/aromatic N) is 1. The van der Waals surface area contributed by atoms with Crippen molar-refractivity contribution in [3.8, 4) is 0 Å². The van der Waals surface area contributed by atoms with Crippen LogP contribution < -0.4 is 0 Å². The van der Waals surface area contributed by atoms with Gasteiger partial charge in [-0.25, -0.2) is 0 Å². The van der Waals surface area contributed by atoms with E-state index in [1.807, 2.05) is 0 Å². The molecule has 0 atom stereocenters. The molecular formula is C20H36NO6+. The second kappa shape index (κ2) is 15.2. The Morgan fingerprint density at radius 1 is 0.667 bits per heavy atom. The summed E-state index contributed by atoms with van der Waals surface area (Å²) in [5, 5.41) is 27.0. The molecule has 0 amide bonds. The van der Waals surface area contributed by atoms with Crippen molar-refractivity contribution in [2.75, 3.05) is 26.2 Å². The van der Waals surface area contributed by atoms with Gasteiger partial charge in [-0.05, 0) is 32.1 Å². The van der Waals surface area contributed by atoms with E-state index in [2.05, 4.69) is 19.1 Å². The molecule has 0 fully saturated rings. The lowest BCUT2D eigenvalue weighted by atomic mass is 10.1. The van der Waals surface area contributed by atoms with Gasteiger partial charge in [0.25, 0.3) is 0 Å². The topological polar surface area (TPSA) is 112 Å². The third kappa shape index (κ3) is 14.9. The van der Waals surface area contributed by atoms with Crippen LogP contribution in [0.25, 0.3) is 0 Å². The molecule has 0 unspecified atom stereocenters. The fraction of sp³-hybridized carbons (Fsp3) is 0.750. The van der Waals surface area contributed by atoms with Crippen LogP contribution in [0.1, 0.15) is 71.1 Å². The summed E-state index contributed by atoms with van der Waals surface area (Å²) in [6, 6.07) is 0. The van der Waals surface area contributed by atoms with Gasteiger partial charge >= 0.3 is 17.9 Å². The molecule has 0 aromatic heterocycles. The zero-order valence-corrected chi connectivity index (χ0v) is 16.6. The van der Waals surface area contributed by atoms with Crippen molar-refractivity contribution >= 4 is 17.9 Å². The SMILES string of the molecule is CCC/C=C/CCCCCC[N+](CCC(=O)O)(CCC(=O)O)CCC(=O)O. The standard InChI is InChI=1S/C20H35NO6/c1-2-3-4-5-6-7-8-9-10-14-21(15-11-18(22)23,16-12-19(24)25)17-13-20(26)27/h4-5H,2-3,6-17H2,1H3,(H2-,22,23,24,25,26,27)/p+1/b5-4+. The molecule has 7 nitrogen and oxygen atoms in total. The van der Waals surface area contributed by atoms with Crippen LogP contribution in [0.4, 0.5) is 0 Å². The number of hydrogen-bond donors (Lipinski definition) is 3. The molecule has 0 rings (SSSR count). The summed E-state index contributed by atoms with van der Waals surface area (Å²) in [5.74, 6) is -2.83. The first kappa shape index (κ1) is 25.1. The molecule has 3 N–H and O–H groups in total. The Morgan fingerprint density at radius 2 is 1.11 bits per heavy atom. The van der Waals surface area contributed by atoms with Gasteiger partial charge in [0.2, 0.25) is 0 Å². The molecule has 0 aromatic rings. The van der Waals surface area contributed by atoms with Gasteiger partial charge in [0.05, 0.1) is 45.4 Å². The van der Waals surface area contributed by atoms with E-state index in [4.69, 9.17) is 15.3 Å². The first-order valence-corrected chi connectivity index (χ1v) is 9.97. The van der Waals surface area contributed by atoms with Crippen molar-refractivity contribution in [1.29, 1.82) is 0 Å². The molecule has 7 heteroatoms. The Kier molecular flexibility index (Phi) is 14.1. The van der Waals surface area contributed by atoms with Crippen LogP contribution in [-0.2, 0) is 14.4 Å². The third-order valence-corrected chi connectivity index (χ3v) is 4.78. The van der Waals surface area contributed by atoms with Gasteiger partial charge in [0.15, 0.2) is 0 Å². The van der Waals surface area contributed by atoms with E-state index in [1.54, 1.807) is 0 Å². The number of quaternary nitrogens is 1. The Hall–Kier alpha value is -1.89. The summed E-state index contributed by atoms with van der Waals surface area (Å²) >= 11 is 0. The zero-order valence-electron chi connectivity index (χ0n) is 16.6. The van der Waals surface area contributed by atoms with Gasteiger partial charge in [-0.1, -0.05) is 31.9 Å². The molecule has 27 heavy (non-hydrogen) atoms. The quantitative estimate of drug-likeness (QED) is 0.189. The number of carbonyl (C=O) groups is 3. The Bertz CT molecular complexity index is 430. The molecule has 0 spiro atoms. The lowest BCUT2D eigenvalue weighted by molar-refractivity contribution is -0.927. The van der Waals surface area contributed by atoms with Crippen LogP contribution in [-0.4, -0.2) is 63.9 Å². The van der Waals surface area contributed by atoms with Crippen molar-refractivity contribution in [2.45, 2.75) is 71.1 Å². The minimum Gasteiger partial charge on any atom is -0.481 e. The monoisotopic (exact) mass is 386 g/mol. The van der Waals surface area contributed by atoms with E-state index in [9.17, 15) is 14.4 Å². The van der Waals surface area contributed by atoms with E-state index in [1.165, 1.54) is 0 Å². The average molecular weight is 387 g/mol. The summed E-state index contributed by atoms with van der Waals surface area (Å²) in [4.78, 5) is 33.0. The van der Waals surface area contributed by atoms with Crippen molar-refractivity contribution in [2.24, 2.45) is 0 Å². The molecule has 156 valence electrons. The van der Waals surface area contributed by atoms with Gasteiger partial charge in [0.1, 0.15) is 0 Å². The van der Waals surface area contributed by atoms with E-state index in [0.29, 0.717) is 6.54 Å². The summed E-state index contributed by atoms with van der Waals surface area (Å²) in [5.41, 5.74) is 0. The normalized spacial score (nSPS) is 11.7. The first-order valence-electron chi connectivity index (χ1n) is 9.97. The highest BCUT2D eigenvalue weighted by molar-refractivity contribution is 5.67. The summed E-state index contributed by atoms with van der Waals surface area (Å²) in [7, 11) is 0. The highest BCUT2D eigenvalue weighted by Crippen LogP contribution is 2.16. The van der Waals surface area contributed by atoms with Crippen LogP contribution in [0.2, 0.25) is 0 Å². The molecule has 0 aliphatic carbocycles. The number of aliphatic carboxylic acids is 3. The minimum atomic E-state index is -0.943. The maximum atomic E-state index is 11.0. The fourth-order valence-corrected chi connectivity index (χ4v) is 3.13. The third-order valence-electron chi connectivity index (χ3n) is 4.78. The number of unbranched alkanes of at least 4 members (excludes halogenated alkanes) is 5. The maximum absolute atomic E-state index is 11.0. The van der Waals surface area contributed by atoms with E-state index >= 15 is 0 Å². The minimum absolute atomic E-state index is 0.0819. The number of carboxylic acids is 3. The molecule has 0 heterocycles. The lowest BCUT2D eigenvalue weighted by Gasteiger charge is -2.38. The van der Waals surface area contributed by atoms with Crippen LogP contribution in [0, 0.1) is 0 Å². The molecule has 0 saturated carbocycles. The summed E-state index contributed by atoms with van der Waals surface area (Å²) < 4.78 is 0.251. The zero-order chi connectivity index (χ0) is 20.5. The molecule has 0 radical (unpaired) electrons. The molecule has 0 aliphatic rings. The smallest absolute Gasteiger partial charge is 0.309 e. The number of carboxylic acid groups (broad SMARTS) is 3. The van der Waals surface area contributed by atoms with E-state index in [-0.39, 0.29) is 43.4 Å². The average Bonchev–Trinajstić information content (AvgIpc) is 2.61. The lowest BCUT2D eigenvalue weighted by Crippen LogP contribution is -2.52. The summed E-state index contributed by atoms with van der Waals surface area (Å²) in [6.07, 6.45) is 11.5. The van der Waals surface area contributed by atoms with E-state index < -0.39 is 17.9 Å². The van der Waals surface area contributed by atoms with Gasteiger partial charge in [-0.3, -0.25) is 14.4 Å². The van der Waals surface area contributed by atoms with Crippen LogP contribution in [0.15, 0.2) is 12.2 Å². The van der Waals surface area contributed by atoms with Gasteiger partial charge in [0, 0.05) is 0 Å². The Morgan fingerprint density at radius 3 is 1.56 bits per heavy atom. The number of hydrogen-bond acceptors (Lipinski definition) is 3. The van der Waals surface area contributed by atoms with Crippen molar-refractivity contribution in [1.82, 2.24) is 0 Å². The van der Waals surface area contributed by atoms with Crippen molar-refractivity contribution < 1.29 is 34.2 Å². The molecule has 0 aliphatic heterocycles. The molecular weight excluding hydrogens is 350 g/mol. The second-order valence-electron chi connectivity index (χ2n) is 7.13. The van der Waals surface area contributed by atoms with Crippen LogP contribution in [0.5, 0.6) is 0 Å². The van der Waals surface area contributed by atoms with Crippen LogP contribution >= 0.6 is 0 Å². The fourth-order valence-electron chi connectivity index (χ4n) is 3.13. The predicted octanol–water partition coefficient (Wildman–Crippen LogP) is 3.53. The van der Waals surface area contributed by atoms with Crippen molar-refractivity contribution in [3.05, 3.63) is 12.2 Å². The number of allylic oxidation sites excluding steroid dienone is 2. The summed E-state index contributed by atoms with van der Waals surface area (Å²) in [6.45, 7) is 3.59. The molecule has 0 aromatic carbocycles. The van der Waals surface area contributed by atoms with Gasteiger partial charge < -0.3 is 19.8 Å². The number of rotatable bonds is 18. The Labute approximate surface area is 162 Å². The van der Waals surface area contributed by atoms with Gasteiger partial charge in [-0.2, -0.15) is 0 Å². The Balaban J connectivity index is 4.60. The highest BCUT2D eigenvalue weighted by atomic mass is 16.4. The molecule has 0 bridgehead atoms. The van der Waals surface area contributed by atoms with E-state index in [0.717, 1.165) is 44.9 Å². The van der Waals surface area contributed by atoms with Crippen LogP contribution in [0.3, 0.4) is 0 Å². The maximum Gasteiger partial charge on any atom is 0.309 e. The predicted molar refractivity (Wildman–Crippen MR) is 104 cm³/mol.